The standard InChI is InChI=1S/C21H28O3/c1-6-16-9-13(3)8-15(5)17(16)12-20(22)18-10-14(4)11-19(18)21(23)24-7-2/h8-9,18-19H,4,6-7,10-12H2,1-3,5H3/t18-,19-/m1/s1. The number of ether oxygens (including phenoxy) is 1. The summed E-state index contributed by atoms with van der Waals surface area (Å²) in [4.78, 5) is 25.1. The maximum atomic E-state index is 12.9. The summed E-state index contributed by atoms with van der Waals surface area (Å²) >= 11 is 0. The zero-order valence-corrected chi connectivity index (χ0v) is 15.3. The van der Waals surface area contributed by atoms with Gasteiger partial charge in [-0.3, -0.25) is 9.59 Å². The molecular weight excluding hydrogens is 300 g/mol. The van der Waals surface area contributed by atoms with Gasteiger partial charge in [0.05, 0.1) is 12.5 Å². The summed E-state index contributed by atoms with van der Waals surface area (Å²) in [5.41, 5.74) is 5.70. The molecule has 1 aliphatic rings. The summed E-state index contributed by atoms with van der Waals surface area (Å²) in [5, 5.41) is 0. The number of esters is 1. The van der Waals surface area contributed by atoms with Crippen molar-refractivity contribution in [3.8, 4) is 0 Å². The first-order valence-electron chi connectivity index (χ1n) is 8.82. The Morgan fingerprint density at radius 3 is 2.46 bits per heavy atom. The maximum Gasteiger partial charge on any atom is 0.309 e. The van der Waals surface area contributed by atoms with Crippen LogP contribution in [0.25, 0.3) is 0 Å². The van der Waals surface area contributed by atoms with E-state index in [2.05, 4.69) is 39.5 Å². The van der Waals surface area contributed by atoms with Gasteiger partial charge in [-0.25, -0.2) is 0 Å². The van der Waals surface area contributed by atoms with E-state index < -0.39 is 0 Å². The van der Waals surface area contributed by atoms with Gasteiger partial charge in [-0.15, -0.1) is 0 Å². The monoisotopic (exact) mass is 328 g/mol. The second-order valence-electron chi connectivity index (χ2n) is 6.84. The second kappa shape index (κ2) is 7.78. The number of benzene rings is 1. The number of allylic oxidation sites excluding steroid dienone is 1. The Labute approximate surface area is 145 Å². The summed E-state index contributed by atoms with van der Waals surface area (Å²) < 4.78 is 5.16. The van der Waals surface area contributed by atoms with Crippen LogP contribution in [0.3, 0.4) is 0 Å². The van der Waals surface area contributed by atoms with Crippen molar-refractivity contribution >= 4 is 11.8 Å². The topological polar surface area (TPSA) is 43.4 Å². The molecule has 1 aliphatic carbocycles. The normalized spacial score (nSPS) is 20.2. The lowest BCUT2D eigenvalue weighted by Crippen LogP contribution is -2.28. The Morgan fingerprint density at radius 2 is 1.83 bits per heavy atom. The molecule has 130 valence electrons. The van der Waals surface area contributed by atoms with Crippen molar-refractivity contribution < 1.29 is 14.3 Å². The zero-order chi connectivity index (χ0) is 17.9. The third-order valence-electron chi connectivity index (χ3n) is 4.95. The number of hydrogen-bond acceptors (Lipinski definition) is 3. The number of rotatable bonds is 6. The molecule has 0 unspecified atom stereocenters. The Morgan fingerprint density at radius 1 is 1.17 bits per heavy atom. The molecule has 0 amide bonds. The molecule has 0 bridgehead atoms. The quantitative estimate of drug-likeness (QED) is 0.583. The number of Topliss-reactive ketones (excluding diaryl/α,β-unsaturated/α-hetero) is 1. The van der Waals surface area contributed by atoms with E-state index in [1.54, 1.807) is 6.92 Å². The average Bonchev–Trinajstić information content (AvgIpc) is 2.92. The zero-order valence-electron chi connectivity index (χ0n) is 15.3. The lowest BCUT2D eigenvalue weighted by Gasteiger charge is -2.19. The van der Waals surface area contributed by atoms with E-state index in [4.69, 9.17) is 4.74 Å². The van der Waals surface area contributed by atoms with Crippen LogP contribution in [0.15, 0.2) is 24.3 Å². The molecule has 0 spiro atoms. The van der Waals surface area contributed by atoms with Crippen molar-refractivity contribution in [3.05, 3.63) is 46.5 Å². The summed E-state index contributed by atoms with van der Waals surface area (Å²) in [7, 11) is 0. The van der Waals surface area contributed by atoms with Crippen LogP contribution in [-0.2, 0) is 27.2 Å². The van der Waals surface area contributed by atoms with Gasteiger partial charge in [-0.05, 0) is 56.7 Å². The van der Waals surface area contributed by atoms with Crippen molar-refractivity contribution in [1.29, 1.82) is 0 Å². The van der Waals surface area contributed by atoms with Crippen LogP contribution in [-0.4, -0.2) is 18.4 Å². The van der Waals surface area contributed by atoms with E-state index in [9.17, 15) is 9.59 Å². The highest BCUT2D eigenvalue weighted by Crippen LogP contribution is 2.37. The van der Waals surface area contributed by atoms with Gasteiger partial charge in [-0.1, -0.05) is 36.8 Å². The molecule has 0 aliphatic heterocycles. The number of carbonyl (C=O) groups is 2. The van der Waals surface area contributed by atoms with Crippen LogP contribution in [0.5, 0.6) is 0 Å². The lowest BCUT2D eigenvalue weighted by atomic mass is 9.85. The average molecular weight is 328 g/mol. The van der Waals surface area contributed by atoms with Crippen LogP contribution in [0.2, 0.25) is 0 Å². The molecule has 1 aromatic rings. The van der Waals surface area contributed by atoms with Crippen LogP contribution in [0.4, 0.5) is 0 Å². The number of ketones is 1. The first kappa shape index (κ1) is 18.4. The molecule has 0 saturated heterocycles. The molecule has 0 aromatic heterocycles. The van der Waals surface area contributed by atoms with E-state index in [1.807, 2.05) is 0 Å². The van der Waals surface area contributed by atoms with E-state index in [0.717, 1.165) is 23.1 Å². The van der Waals surface area contributed by atoms with Crippen LogP contribution >= 0.6 is 0 Å². The van der Waals surface area contributed by atoms with Crippen LogP contribution in [0.1, 0.15) is 48.9 Å². The van der Waals surface area contributed by atoms with Crippen LogP contribution in [0, 0.1) is 25.7 Å². The van der Waals surface area contributed by atoms with Gasteiger partial charge in [-0.2, -0.15) is 0 Å². The fraction of sp³-hybridized carbons (Fsp3) is 0.524. The maximum absolute atomic E-state index is 12.9. The largest absolute Gasteiger partial charge is 0.466 e. The van der Waals surface area contributed by atoms with Gasteiger partial charge in [0.25, 0.3) is 0 Å². The van der Waals surface area contributed by atoms with Gasteiger partial charge in [0.2, 0.25) is 0 Å². The summed E-state index contributed by atoms with van der Waals surface area (Å²) in [6.45, 7) is 12.4. The molecule has 2 atom stereocenters. The minimum Gasteiger partial charge on any atom is -0.466 e. The lowest BCUT2D eigenvalue weighted by molar-refractivity contribution is -0.151. The third kappa shape index (κ3) is 3.95. The van der Waals surface area contributed by atoms with Gasteiger partial charge >= 0.3 is 5.97 Å². The highest BCUT2D eigenvalue weighted by molar-refractivity contribution is 5.90. The highest BCUT2D eigenvalue weighted by Gasteiger charge is 2.40. The fourth-order valence-electron chi connectivity index (χ4n) is 3.78. The SMILES string of the molecule is C=C1C[C@@H](C(=O)Cc2c(C)cc(C)cc2CC)[C@H](C(=O)OCC)C1. The van der Waals surface area contributed by atoms with E-state index in [1.165, 1.54) is 11.1 Å². The van der Waals surface area contributed by atoms with E-state index in [0.29, 0.717) is 25.9 Å². The van der Waals surface area contributed by atoms with Crippen molar-refractivity contribution in [3.63, 3.8) is 0 Å². The molecular formula is C21H28O3. The van der Waals surface area contributed by atoms with Crippen LogP contribution < -0.4 is 0 Å². The van der Waals surface area contributed by atoms with Gasteiger partial charge in [0, 0.05) is 12.3 Å². The highest BCUT2D eigenvalue weighted by atomic mass is 16.5. The molecule has 2 rings (SSSR count). The molecule has 0 heterocycles. The van der Waals surface area contributed by atoms with E-state index >= 15 is 0 Å². The summed E-state index contributed by atoms with van der Waals surface area (Å²) in [6.07, 6.45) is 2.48. The molecule has 1 saturated carbocycles. The molecule has 1 aromatic carbocycles. The van der Waals surface area contributed by atoms with Gasteiger partial charge in [0.15, 0.2) is 0 Å². The minimum absolute atomic E-state index is 0.133. The summed E-state index contributed by atoms with van der Waals surface area (Å²) in [6, 6.07) is 4.28. The number of hydrogen-bond donors (Lipinski definition) is 0. The van der Waals surface area contributed by atoms with Crippen molar-refractivity contribution in [1.82, 2.24) is 0 Å². The Bertz CT molecular complexity index is 657. The molecule has 3 nitrogen and oxygen atoms in total. The second-order valence-corrected chi connectivity index (χ2v) is 6.84. The summed E-state index contributed by atoms with van der Waals surface area (Å²) in [5.74, 6) is -0.776. The Kier molecular flexibility index (Phi) is 5.98. The molecule has 24 heavy (non-hydrogen) atoms. The molecule has 0 radical (unpaired) electrons. The van der Waals surface area contributed by atoms with Crippen molar-refractivity contribution in [2.75, 3.05) is 6.61 Å². The Hall–Kier alpha value is -1.90. The minimum atomic E-state index is -0.360. The molecule has 0 N–H and O–H groups in total. The third-order valence-corrected chi connectivity index (χ3v) is 4.95. The first-order chi connectivity index (χ1) is 11.4. The van der Waals surface area contributed by atoms with E-state index in [-0.39, 0.29) is 23.6 Å². The molecule has 1 fully saturated rings. The Balaban J connectivity index is 2.22. The molecule has 3 heteroatoms. The smallest absolute Gasteiger partial charge is 0.309 e. The van der Waals surface area contributed by atoms with Gasteiger partial charge in [0.1, 0.15) is 5.78 Å². The number of aryl methyl sites for hydroxylation is 3. The number of carbonyl (C=O) groups excluding carboxylic acids is 2. The fourth-order valence-corrected chi connectivity index (χ4v) is 3.78. The van der Waals surface area contributed by atoms with Crippen molar-refractivity contribution in [2.45, 2.75) is 53.4 Å². The van der Waals surface area contributed by atoms with Crippen molar-refractivity contribution in [2.24, 2.45) is 11.8 Å². The predicted molar refractivity (Wildman–Crippen MR) is 96.0 cm³/mol. The first-order valence-corrected chi connectivity index (χ1v) is 8.82. The predicted octanol–water partition coefficient (Wildman–Crippen LogP) is 4.12. The van der Waals surface area contributed by atoms with Gasteiger partial charge < -0.3 is 4.74 Å².